The molecule has 1 atom stereocenters. The Bertz CT molecular complexity index is 318. The summed E-state index contributed by atoms with van der Waals surface area (Å²) in [4.78, 5) is 34.3. The second kappa shape index (κ2) is 9.18. The molecule has 0 unspecified atom stereocenters. The highest BCUT2D eigenvalue weighted by Gasteiger charge is 2.22. The van der Waals surface area contributed by atoms with Crippen LogP contribution in [-0.4, -0.2) is 44.1 Å². The molecule has 0 spiro atoms. The Morgan fingerprint density at radius 1 is 1.16 bits per heavy atom. The second-order valence-electron chi connectivity index (χ2n) is 4.49. The van der Waals surface area contributed by atoms with Gasteiger partial charge in [0.15, 0.2) is 0 Å². The minimum atomic E-state index is -0.707. The predicted octanol–water partition coefficient (Wildman–Crippen LogP) is 0.00940. The Kier molecular flexibility index (Phi) is 8.32. The number of alkyl carbamates (subject to hydrolysis) is 1. The van der Waals surface area contributed by atoms with Gasteiger partial charge in [-0.1, -0.05) is 13.8 Å². The molecule has 0 aromatic heterocycles. The fourth-order valence-corrected chi connectivity index (χ4v) is 1.45. The molecule has 110 valence electrons. The lowest BCUT2D eigenvalue weighted by molar-refractivity contribution is -0.127. The highest BCUT2D eigenvalue weighted by molar-refractivity contribution is 5.89. The largest absolute Gasteiger partial charge is 0.453 e. The van der Waals surface area contributed by atoms with Gasteiger partial charge in [0.1, 0.15) is 6.04 Å². The molecule has 0 fully saturated rings. The van der Waals surface area contributed by atoms with Gasteiger partial charge in [0.05, 0.1) is 13.7 Å². The van der Waals surface area contributed by atoms with E-state index in [1.165, 1.54) is 7.11 Å². The van der Waals surface area contributed by atoms with E-state index in [9.17, 15) is 14.4 Å². The van der Waals surface area contributed by atoms with Gasteiger partial charge in [-0.05, 0) is 19.3 Å². The molecule has 7 heteroatoms. The first kappa shape index (κ1) is 17.2. The van der Waals surface area contributed by atoms with Crippen LogP contribution in [0.5, 0.6) is 0 Å². The number of amides is 3. The van der Waals surface area contributed by atoms with Crippen molar-refractivity contribution < 1.29 is 19.1 Å². The van der Waals surface area contributed by atoms with Crippen molar-refractivity contribution in [1.29, 1.82) is 0 Å². The van der Waals surface area contributed by atoms with E-state index >= 15 is 0 Å². The monoisotopic (exact) mass is 273 g/mol. The average molecular weight is 273 g/mol. The molecule has 0 saturated carbocycles. The highest BCUT2D eigenvalue weighted by atomic mass is 16.5. The fraction of sp³-hybridized carbons (Fsp3) is 0.750. The minimum Gasteiger partial charge on any atom is -0.453 e. The highest BCUT2D eigenvalue weighted by Crippen LogP contribution is 2.05. The van der Waals surface area contributed by atoms with E-state index in [2.05, 4.69) is 20.7 Å². The summed E-state index contributed by atoms with van der Waals surface area (Å²) in [5.41, 5.74) is 0. The van der Waals surface area contributed by atoms with Crippen LogP contribution in [0.15, 0.2) is 0 Å². The topological polar surface area (TPSA) is 96.5 Å². The zero-order valence-corrected chi connectivity index (χ0v) is 11.9. The summed E-state index contributed by atoms with van der Waals surface area (Å²) >= 11 is 0. The molecule has 0 bridgehead atoms. The predicted molar refractivity (Wildman–Crippen MR) is 70.5 cm³/mol. The third kappa shape index (κ3) is 8.01. The fourth-order valence-electron chi connectivity index (χ4n) is 1.45. The Morgan fingerprint density at radius 3 is 2.26 bits per heavy atom. The van der Waals surface area contributed by atoms with Gasteiger partial charge in [-0.2, -0.15) is 0 Å². The van der Waals surface area contributed by atoms with E-state index in [4.69, 9.17) is 0 Å². The number of hydrogen-bond acceptors (Lipinski definition) is 4. The summed E-state index contributed by atoms with van der Waals surface area (Å²) in [5, 5.41) is 7.50. The molecule has 0 radical (unpaired) electrons. The molecule has 0 rings (SSSR count). The number of carbonyl (C=O) groups is 3. The Balaban J connectivity index is 4.37. The number of likely N-dealkylation sites (N-methyl/N-ethyl adjacent to an activating group) is 1. The molecule has 3 amide bonds. The summed E-state index contributed by atoms with van der Waals surface area (Å²) in [7, 11) is 1.23. The number of nitrogens with one attached hydrogen (secondary N) is 3. The van der Waals surface area contributed by atoms with Gasteiger partial charge in [0, 0.05) is 6.54 Å². The van der Waals surface area contributed by atoms with Gasteiger partial charge in [-0.25, -0.2) is 4.79 Å². The second-order valence-corrected chi connectivity index (χ2v) is 4.49. The normalized spacial score (nSPS) is 11.6. The van der Waals surface area contributed by atoms with E-state index in [1.807, 2.05) is 13.8 Å². The van der Waals surface area contributed by atoms with Crippen molar-refractivity contribution in [2.75, 3.05) is 20.2 Å². The molecule has 0 heterocycles. The molecule has 0 aliphatic carbocycles. The van der Waals surface area contributed by atoms with Crippen molar-refractivity contribution in [3.63, 3.8) is 0 Å². The molecular weight excluding hydrogens is 250 g/mol. The lowest BCUT2D eigenvalue weighted by atomic mass is 10.0. The van der Waals surface area contributed by atoms with Crippen molar-refractivity contribution >= 4 is 17.9 Å². The van der Waals surface area contributed by atoms with Gasteiger partial charge >= 0.3 is 6.09 Å². The zero-order valence-electron chi connectivity index (χ0n) is 11.9. The smallest absolute Gasteiger partial charge is 0.407 e. The first-order valence-corrected chi connectivity index (χ1v) is 6.29. The Hall–Kier alpha value is -1.79. The van der Waals surface area contributed by atoms with Crippen LogP contribution in [0.1, 0.15) is 27.2 Å². The third-order valence-electron chi connectivity index (χ3n) is 2.30. The van der Waals surface area contributed by atoms with Crippen molar-refractivity contribution in [2.24, 2.45) is 5.92 Å². The van der Waals surface area contributed by atoms with E-state index in [-0.39, 0.29) is 18.4 Å². The van der Waals surface area contributed by atoms with E-state index in [1.54, 1.807) is 6.92 Å². The number of ether oxygens (including phenoxy) is 1. The van der Waals surface area contributed by atoms with Gasteiger partial charge in [-0.3, -0.25) is 9.59 Å². The first-order valence-electron chi connectivity index (χ1n) is 6.29. The number of methoxy groups -OCH3 is 1. The molecule has 0 saturated heterocycles. The first-order chi connectivity index (χ1) is 8.90. The van der Waals surface area contributed by atoms with Crippen molar-refractivity contribution in [3.8, 4) is 0 Å². The van der Waals surface area contributed by atoms with Crippen molar-refractivity contribution in [1.82, 2.24) is 16.0 Å². The van der Waals surface area contributed by atoms with E-state index < -0.39 is 18.0 Å². The third-order valence-corrected chi connectivity index (χ3v) is 2.30. The molecule has 7 nitrogen and oxygen atoms in total. The van der Waals surface area contributed by atoms with E-state index in [0.717, 1.165) is 0 Å². The van der Waals surface area contributed by atoms with Crippen LogP contribution in [-0.2, 0) is 14.3 Å². The molecular formula is C12H23N3O4. The summed E-state index contributed by atoms with van der Waals surface area (Å²) in [5.74, 6) is -0.444. The maximum atomic E-state index is 11.9. The SMILES string of the molecule is CCNC(=O)CNC(=O)[C@H](CC(C)C)NC(=O)OC. The Labute approximate surface area is 113 Å². The molecule has 0 aliphatic rings. The molecule has 0 aromatic carbocycles. The average Bonchev–Trinajstić information content (AvgIpc) is 2.34. The maximum Gasteiger partial charge on any atom is 0.407 e. The van der Waals surface area contributed by atoms with Gasteiger partial charge in [-0.15, -0.1) is 0 Å². The van der Waals surface area contributed by atoms with E-state index in [0.29, 0.717) is 13.0 Å². The standard InChI is InChI=1S/C12H23N3O4/c1-5-13-10(16)7-14-11(17)9(6-8(2)3)15-12(18)19-4/h8-9H,5-7H2,1-4H3,(H,13,16)(H,14,17)(H,15,18)/t9-/m0/s1. The van der Waals surface area contributed by atoms with Gasteiger partial charge < -0.3 is 20.7 Å². The Morgan fingerprint density at radius 2 is 1.79 bits per heavy atom. The summed E-state index contributed by atoms with van der Waals surface area (Å²) in [6.07, 6.45) is -0.199. The van der Waals surface area contributed by atoms with Gasteiger partial charge in [0.2, 0.25) is 11.8 Å². The van der Waals surface area contributed by atoms with Crippen LogP contribution in [0.4, 0.5) is 4.79 Å². The number of hydrogen-bond donors (Lipinski definition) is 3. The molecule has 0 aliphatic heterocycles. The lowest BCUT2D eigenvalue weighted by Gasteiger charge is -2.19. The number of rotatable bonds is 7. The van der Waals surface area contributed by atoms with Crippen LogP contribution >= 0.6 is 0 Å². The maximum absolute atomic E-state index is 11.9. The zero-order chi connectivity index (χ0) is 14.8. The van der Waals surface area contributed by atoms with Crippen molar-refractivity contribution in [2.45, 2.75) is 33.2 Å². The summed E-state index contributed by atoms with van der Waals surface area (Å²) in [6, 6.07) is -0.707. The molecule has 0 aromatic rings. The van der Waals surface area contributed by atoms with Crippen LogP contribution < -0.4 is 16.0 Å². The lowest BCUT2D eigenvalue weighted by Crippen LogP contribution is -2.49. The van der Waals surface area contributed by atoms with Crippen LogP contribution in [0, 0.1) is 5.92 Å². The number of carbonyl (C=O) groups excluding carboxylic acids is 3. The van der Waals surface area contributed by atoms with Crippen LogP contribution in [0.25, 0.3) is 0 Å². The van der Waals surface area contributed by atoms with Crippen molar-refractivity contribution in [3.05, 3.63) is 0 Å². The minimum absolute atomic E-state index is 0.107. The van der Waals surface area contributed by atoms with Crippen LogP contribution in [0.2, 0.25) is 0 Å². The van der Waals surface area contributed by atoms with Crippen LogP contribution in [0.3, 0.4) is 0 Å². The molecule has 3 N–H and O–H groups in total. The summed E-state index contributed by atoms with van der Waals surface area (Å²) < 4.78 is 4.47. The van der Waals surface area contributed by atoms with Gasteiger partial charge in [0.25, 0.3) is 0 Å². The molecule has 19 heavy (non-hydrogen) atoms. The summed E-state index contributed by atoms with van der Waals surface area (Å²) in [6.45, 7) is 6.06. The quantitative estimate of drug-likeness (QED) is 0.608.